The molecule has 100 valence electrons. The topological polar surface area (TPSA) is 37.4 Å². The minimum atomic E-state index is -0.523. The highest BCUT2D eigenvalue weighted by atomic mass is 35.5. The fourth-order valence-electron chi connectivity index (χ4n) is 2.13. The van der Waals surface area contributed by atoms with E-state index in [2.05, 4.69) is 0 Å². The van der Waals surface area contributed by atoms with E-state index in [-0.39, 0.29) is 26.2 Å². The summed E-state index contributed by atoms with van der Waals surface area (Å²) in [5.41, 5.74) is 0.606. The number of hydrogen-bond acceptors (Lipinski definition) is 2. The van der Waals surface area contributed by atoms with Crippen molar-refractivity contribution < 1.29 is 9.59 Å². The average Bonchev–Trinajstić information content (AvgIpc) is 2.69. The lowest BCUT2D eigenvalue weighted by Crippen LogP contribution is -2.29. The lowest BCUT2D eigenvalue weighted by atomic mass is 10.1. The lowest BCUT2D eigenvalue weighted by Gasteiger charge is -2.13. The molecule has 3 nitrogen and oxygen atoms in total. The maximum atomic E-state index is 12.4. The normalized spacial score (nSPS) is 13.8. The van der Waals surface area contributed by atoms with E-state index in [1.54, 1.807) is 30.3 Å². The molecule has 0 saturated carbocycles. The molecule has 1 heterocycles. The molecule has 0 saturated heterocycles. The van der Waals surface area contributed by atoms with E-state index in [1.165, 1.54) is 6.07 Å². The van der Waals surface area contributed by atoms with Crippen molar-refractivity contribution in [2.45, 2.75) is 0 Å². The molecule has 2 aromatic carbocycles. The minimum Gasteiger partial charge on any atom is -0.268 e. The molecule has 0 atom stereocenters. The van der Waals surface area contributed by atoms with E-state index >= 15 is 0 Å². The molecule has 20 heavy (non-hydrogen) atoms. The number of carbonyl (C=O) groups is 2. The third kappa shape index (κ3) is 1.82. The molecule has 0 unspecified atom stereocenters. The molecular weight excluding hydrogens is 321 g/mol. The van der Waals surface area contributed by atoms with E-state index in [9.17, 15) is 9.59 Å². The Morgan fingerprint density at radius 3 is 2.05 bits per heavy atom. The van der Waals surface area contributed by atoms with Crippen LogP contribution in [0.4, 0.5) is 5.69 Å². The van der Waals surface area contributed by atoms with Gasteiger partial charge in [0.15, 0.2) is 0 Å². The second kappa shape index (κ2) is 4.77. The van der Waals surface area contributed by atoms with Gasteiger partial charge in [0, 0.05) is 0 Å². The summed E-state index contributed by atoms with van der Waals surface area (Å²) >= 11 is 18.0. The fourth-order valence-corrected chi connectivity index (χ4v) is 2.91. The fraction of sp³-hybridized carbons (Fsp3) is 0. The maximum Gasteiger partial charge on any atom is 0.267 e. The predicted molar refractivity (Wildman–Crippen MR) is 79.1 cm³/mol. The van der Waals surface area contributed by atoms with Crippen LogP contribution in [-0.4, -0.2) is 11.8 Å². The number of anilines is 1. The third-order valence-electron chi connectivity index (χ3n) is 3.02. The third-order valence-corrected chi connectivity index (χ3v) is 4.11. The summed E-state index contributed by atoms with van der Waals surface area (Å²) < 4.78 is 0. The Hall–Kier alpha value is -1.55. The van der Waals surface area contributed by atoms with Gasteiger partial charge in [-0.15, -0.1) is 0 Å². The highest BCUT2D eigenvalue weighted by molar-refractivity contribution is 6.50. The van der Waals surface area contributed by atoms with Gasteiger partial charge in [0.2, 0.25) is 0 Å². The van der Waals surface area contributed by atoms with Gasteiger partial charge in [0.25, 0.3) is 11.8 Å². The Labute approximate surface area is 129 Å². The second-order valence-corrected chi connectivity index (χ2v) is 5.38. The first-order chi connectivity index (χ1) is 9.52. The summed E-state index contributed by atoms with van der Waals surface area (Å²) in [7, 11) is 0. The number of fused-ring (bicyclic) bond motifs is 1. The highest BCUT2D eigenvalue weighted by Crippen LogP contribution is 2.40. The standard InChI is InChI=1S/C14H6Cl3NO2/c15-8-6-9(16)12(17)11-10(8)13(19)18(14(11)20)7-4-2-1-3-5-7/h1-6H. The quantitative estimate of drug-likeness (QED) is 0.573. The smallest absolute Gasteiger partial charge is 0.267 e. The van der Waals surface area contributed by atoms with E-state index in [1.807, 2.05) is 0 Å². The number of carbonyl (C=O) groups excluding carboxylic acids is 2. The summed E-state index contributed by atoms with van der Waals surface area (Å²) in [6.07, 6.45) is 0. The van der Waals surface area contributed by atoms with Crippen molar-refractivity contribution in [2.24, 2.45) is 0 Å². The van der Waals surface area contributed by atoms with Gasteiger partial charge in [-0.3, -0.25) is 9.59 Å². The van der Waals surface area contributed by atoms with Crippen molar-refractivity contribution in [2.75, 3.05) is 4.90 Å². The van der Waals surface area contributed by atoms with Crippen LogP contribution in [0.1, 0.15) is 20.7 Å². The zero-order chi connectivity index (χ0) is 14.4. The molecule has 3 rings (SSSR count). The molecule has 0 bridgehead atoms. The van der Waals surface area contributed by atoms with Gasteiger partial charge in [-0.1, -0.05) is 53.0 Å². The molecule has 0 radical (unpaired) electrons. The first-order valence-electron chi connectivity index (χ1n) is 5.63. The Bertz CT molecular complexity index is 744. The molecule has 0 aliphatic carbocycles. The molecule has 6 heteroatoms. The number of hydrogen-bond donors (Lipinski definition) is 0. The SMILES string of the molecule is O=C1c2c(Cl)cc(Cl)c(Cl)c2C(=O)N1c1ccccc1. The van der Waals surface area contributed by atoms with Gasteiger partial charge in [-0.2, -0.15) is 0 Å². The molecule has 2 aromatic rings. The molecule has 1 aliphatic rings. The van der Waals surface area contributed by atoms with Gasteiger partial charge in [0.1, 0.15) is 0 Å². The number of amides is 2. The monoisotopic (exact) mass is 325 g/mol. The van der Waals surface area contributed by atoms with Crippen molar-refractivity contribution in [1.82, 2.24) is 0 Å². The summed E-state index contributed by atoms with van der Waals surface area (Å²) in [5, 5.41) is 0.306. The maximum absolute atomic E-state index is 12.4. The zero-order valence-corrected chi connectivity index (χ0v) is 12.1. The van der Waals surface area contributed by atoms with Crippen LogP contribution in [0.15, 0.2) is 36.4 Å². The number of rotatable bonds is 1. The summed E-state index contributed by atoms with van der Waals surface area (Å²) in [5.74, 6) is -1.02. The first kappa shape index (κ1) is 13.4. The zero-order valence-electron chi connectivity index (χ0n) is 9.86. The second-order valence-electron chi connectivity index (χ2n) is 4.19. The Morgan fingerprint density at radius 2 is 1.40 bits per heavy atom. The Kier molecular flexibility index (Phi) is 3.21. The lowest BCUT2D eigenvalue weighted by molar-refractivity contribution is 0.0926. The van der Waals surface area contributed by atoms with Crippen molar-refractivity contribution in [3.8, 4) is 0 Å². The molecular formula is C14H6Cl3NO2. The highest BCUT2D eigenvalue weighted by Gasteiger charge is 2.40. The molecule has 0 fully saturated rings. The summed E-state index contributed by atoms with van der Waals surface area (Å²) in [6.45, 7) is 0. The average molecular weight is 327 g/mol. The summed E-state index contributed by atoms with van der Waals surface area (Å²) in [4.78, 5) is 25.9. The van der Waals surface area contributed by atoms with Crippen LogP contribution in [0.5, 0.6) is 0 Å². The summed E-state index contributed by atoms with van der Waals surface area (Å²) in [6, 6.07) is 9.93. The van der Waals surface area contributed by atoms with Crippen LogP contribution in [0, 0.1) is 0 Å². The van der Waals surface area contributed by atoms with Crippen LogP contribution in [0.2, 0.25) is 15.1 Å². The van der Waals surface area contributed by atoms with E-state index in [0.29, 0.717) is 5.69 Å². The Balaban J connectivity index is 2.23. The largest absolute Gasteiger partial charge is 0.268 e. The van der Waals surface area contributed by atoms with Crippen molar-refractivity contribution in [3.05, 3.63) is 62.6 Å². The number of para-hydroxylation sites is 1. The molecule has 0 spiro atoms. The van der Waals surface area contributed by atoms with Crippen LogP contribution < -0.4 is 4.90 Å². The van der Waals surface area contributed by atoms with Crippen molar-refractivity contribution >= 4 is 52.3 Å². The van der Waals surface area contributed by atoms with Gasteiger partial charge in [0.05, 0.1) is 31.9 Å². The first-order valence-corrected chi connectivity index (χ1v) is 6.77. The van der Waals surface area contributed by atoms with Gasteiger partial charge in [-0.25, -0.2) is 4.90 Å². The van der Waals surface area contributed by atoms with Crippen LogP contribution in [-0.2, 0) is 0 Å². The van der Waals surface area contributed by atoms with Gasteiger partial charge in [-0.05, 0) is 18.2 Å². The Morgan fingerprint density at radius 1 is 0.800 bits per heavy atom. The number of benzene rings is 2. The van der Waals surface area contributed by atoms with Crippen LogP contribution in [0.3, 0.4) is 0 Å². The molecule has 0 N–H and O–H groups in total. The van der Waals surface area contributed by atoms with E-state index in [4.69, 9.17) is 34.8 Å². The van der Waals surface area contributed by atoms with Crippen molar-refractivity contribution in [1.29, 1.82) is 0 Å². The van der Waals surface area contributed by atoms with E-state index in [0.717, 1.165) is 4.90 Å². The minimum absolute atomic E-state index is 0.0443. The van der Waals surface area contributed by atoms with Gasteiger partial charge >= 0.3 is 0 Å². The van der Waals surface area contributed by atoms with Crippen LogP contribution in [0.25, 0.3) is 0 Å². The van der Waals surface area contributed by atoms with Gasteiger partial charge < -0.3 is 0 Å². The molecule has 0 aromatic heterocycles. The van der Waals surface area contributed by atoms with Crippen molar-refractivity contribution in [3.63, 3.8) is 0 Å². The predicted octanol–water partition coefficient (Wildman–Crippen LogP) is 4.45. The molecule has 1 aliphatic heterocycles. The van der Waals surface area contributed by atoms with E-state index < -0.39 is 11.8 Å². The molecule has 2 amide bonds. The number of imide groups is 1. The number of nitrogens with zero attached hydrogens (tertiary/aromatic N) is 1. The number of halogens is 3. The van der Waals surface area contributed by atoms with Crippen LogP contribution >= 0.6 is 34.8 Å².